The van der Waals surface area contributed by atoms with E-state index in [4.69, 9.17) is 5.11 Å². The second-order valence-corrected chi connectivity index (χ2v) is 6.15. The second-order valence-electron chi connectivity index (χ2n) is 6.15. The third-order valence-corrected chi connectivity index (χ3v) is 4.33. The van der Waals surface area contributed by atoms with Gasteiger partial charge in [-0.15, -0.1) is 0 Å². The standard InChI is InChI=1S/C18H25NO3/c1-13-8-5-6-9-14(13)15-12-16(15)18(22)19-11-7-3-2-4-10-17(20)21/h5-6,8-9,15-16H,2-4,7,10-12H2,1H3,(H,19,22)(H,20,21). The summed E-state index contributed by atoms with van der Waals surface area (Å²) in [5.41, 5.74) is 2.57. The van der Waals surface area contributed by atoms with Gasteiger partial charge in [0.2, 0.25) is 5.91 Å². The highest BCUT2D eigenvalue weighted by Gasteiger charge is 2.44. The number of aliphatic carboxylic acids is 1. The van der Waals surface area contributed by atoms with Crippen LogP contribution in [-0.4, -0.2) is 23.5 Å². The first kappa shape index (κ1) is 16.5. The van der Waals surface area contributed by atoms with Crippen LogP contribution in [0.25, 0.3) is 0 Å². The molecule has 1 aliphatic carbocycles. The van der Waals surface area contributed by atoms with Crippen molar-refractivity contribution in [1.29, 1.82) is 0 Å². The molecule has 0 saturated heterocycles. The monoisotopic (exact) mass is 303 g/mol. The highest BCUT2D eigenvalue weighted by molar-refractivity contribution is 5.83. The lowest BCUT2D eigenvalue weighted by molar-refractivity contribution is -0.137. The van der Waals surface area contributed by atoms with Crippen molar-refractivity contribution >= 4 is 11.9 Å². The third kappa shape index (κ3) is 4.86. The number of aryl methyl sites for hydroxylation is 1. The fraction of sp³-hybridized carbons (Fsp3) is 0.556. The molecular formula is C18H25NO3. The lowest BCUT2D eigenvalue weighted by Crippen LogP contribution is -2.26. The quantitative estimate of drug-likeness (QED) is 0.688. The van der Waals surface area contributed by atoms with Gasteiger partial charge in [0.25, 0.3) is 0 Å². The van der Waals surface area contributed by atoms with Crippen molar-refractivity contribution in [3.63, 3.8) is 0 Å². The first-order valence-corrected chi connectivity index (χ1v) is 8.14. The number of nitrogens with one attached hydrogen (secondary N) is 1. The Balaban J connectivity index is 1.60. The minimum Gasteiger partial charge on any atom is -0.481 e. The predicted molar refractivity (Wildman–Crippen MR) is 85.8 cm³/mol. The highest BCUT2D eigenvalue weighted by atomic mass is 16.4. The molecular weight excluding hydrogens is 278 g/mol. The van der Waals surface area contributed by atoms with Gasteiger partial charge in [0.15, 0.2) is 0 Å². The molecule has 120 valence electrons. The Bertz CT molecular complexity index is 527. The van der Waals surface area contributed by atoms with Gasteiger partial charge in [-0.1, -0.05) is 37.1 Å². The maximum atomic E-state index is 12.1. The molecule has 2 rings (SSSR count). The SMILES string of the molecule is Cc1ccccc1C1CC1C(=O)NCCCCCCC(=O)O. The first-order chi connectivity index (χ1) is 10.6. The van der Waals surface area contributed by atoms with E-state index < -0.39 is 5.97 Å². The lowest BCUT2D eigenvalue weighted by Gasteiger charge is -2.06. The van der Waals surface area contributed by atoms with E-state index in [9.17, 15) is 9.59 Å². The average Bonchev–Trinajstić information content (AvgIpc) is 3.26. The third-order valence-electron chi connectivity index (χ3n) is 4.33. The van der Waals surface area contributed by atoms with Crippen molar-refractivity contribution in [2.24, 2.45) is 5.92 Å². The molecule has 1 fully saturated rings. The van der Waals surface area contributed by atoms with E-state index in [1.54, 1.807) is 0 Å². The number of hydrogen-bond donors (Lipinski definition) is 2. The summed E-state index contributed by atoms with van der Waals surface area (Å²) in [6, 6.07) is 8.28. The molecule has 4 heteroatoms. The normalized spacial score (nSPS) is 19.7. The van der Waals surface area contributed by atoms with Crippen LogP contribution in [0, 0.1) is 12.8 Å². The van der Waals surface area contributed by atoms with Gasteiger partial charge in [-0.2, -0.15) is 0 Å². The Morgan fingerprint density at radius 1 is 1.18 bits per heavy atom. The number of unbranched alkanes of at least 4 members (excludes halogenated alkanes) is 3. The molecule has 0 heterocycles. The summed E-state index contributed by atoms with van der Waals surface area (Å²) in [5, 5.41) is 11.5. The van der Waals surface area contributed by atoms with Gasteiger partial charge in [-0.25, -0.2) is 0 Å². The number of hydrogen-bond acceptors (Lipinski definition) is 2. The first-order valence-electron chi connectivity index (χ1n) is 8.14. The van der Waals surface area contributed by atoms with Crippen molar-refractivity contribution in [3.8, 4) is 0 Å². The molecule has 0 radical (unpaired) electrons. The number of rotatable bonds is 9. The molecule has 22 heavy (non-hydrogen) atoms. The molecule has 0 aromatic heterocycles. The fourth-order valence-electron chi connectivity index (χ4n) is 2.93. The van der Waals surface area contributed by atoms with Crippen LogP contribution in [0.2, 0.25) is 0 Å². The topological polar surface area (TPSA) is 66.4 Å². The molecule has 2 N–H and O–H groups in total. The smallest absolute Gasteiger partial charge is 0.303 e. The van der Waals surface area contributed by atoms with Crippen molar-refractivity contribution in [2.45, 2.75) is 51.4 Å². The van der Waals surface area contributed by atoms with Crippen molar-refractivity contribution < 1.29 is 14.7 Å². The van der Waals surface area contributed by atoms with Crippen LogP contribution >= 0.6 is 0 Å². The van der Waals surface area contributed by atoms with Gasteiger partial charge >= 0.3 is 5.97 Å². The van der Waals surface area contributed by atoms with Crippen LogP contribution in [0.15, 0.2) is 24.3 Å². The Labute approximate surface area is 131 Å². The fourth-order valence-corrected chi connectivity index (χ4v) is 2.93. The number of carboxylic acid groups (broad SMARTS) is 1. The van der Waals surface area contributed by atoms with E-state index in [1.807, 2.05) is 12.1 Å². The molecule has 0 aliphatic heterocycles. The van der Waals surface area contributed by atoms with Gasteiger partial charge in [-0.05, 0) is 43.2 Å². The van der Waals surface area contributed by atoms with Crippen LogP contribution in [0.3, 0.4) is 0 Å². The van der Waals surface area contributed by atoms with Crippen LogP contribution in [0.4, 0.5) is 0 Å². The predicted octanol–water partition coefficient (Wildman–Crippen LogP) is 3.25. The molecule has 0 spiro atoms. The zero-order chi connectivity index (χ0) is 15.9. The van der Waals surface area contributed by atoms with Crippen molar-refractivity contribution in [3.05, 3.63) is 35.4 Å². The summed E-state index contributed by atoms with van der Waals surface area (Å²) in [6.07, 6.45) is 4.73. The van der Waals surface area contributed by atoms with Gasteiger partial charge in [-0.3, -0.25) is 9.59 Å². The lowest BCUT2D eigenvalue weighted by atomic mass is 10.0. The van der Waals surface area contributed by atoms with E-state index in [-0.39, 0.29) is 18.2 Å². The zero-order valence-electron chi connectivity index (χ0n) is 13.2. The van der Waals surface area contributed by atoms with Gasteiger partial charge in [0, 0.05) is 18.9 Å². The minimum atomic E-state index is -0.732. The average molecular weight is 303 g/mol. The molecule has 1 aliphatic rings. The van der Waals surface area contributed by atoms with Crippen LogP contribution < -0.4 is 5.32 Å². The minimum absolute atomic E-state index is 0.133. The number of carbonyl (C=O) groups is 2. The number of amides is 1. The highest BCUT2D eigenvalue weighted by Crippen LogP contribution is 2.48. The molecule has 2 unspecified atom stereocenters. The van der Waals surface area contributed by atoms with Crippen molar-refractivity contribution in [1.82, 2.24) is 5.32 Å². The molecule has 2 atom stereocenters. The molecule has 1 aromatic rings. The zero-order valence-corrected chi connectivity index (χ0v) is 13.2. The Morgan fingerprint density at radius 2 is 1.91 bits per heavy atom. The Morgan fingerprint density at radius 3 is 2.64 bits per heavy atom. The number of benzene rings is 1. The second kappa shape index (κ2) is 7.97. The molecule has 1 amide bonds. The van der Waals surface area contributed by atoms with Gasteiger partial charge in [0.05, 0.1) is 0 Å². The molecule has 0 bridgehead atoms. The maximum Gasteiger partial charge on any atom is 0.303 e. The summed E-state index contributed by atoms with van der Waals surface area (Å²) in [7, 11) is 0. The number of carbonyl (C=O) groups excluding carboxylic acids is 1. The summed E-state index contributed by atoms with van der Waals surface area (Å²) in [4.78, 5) is 22.5. The van der Waals surface area contributed by atoms with E-state index in [1.165, 1.54) is 11.1 Å². The van der Waals surface area contributed by atoms with Crippen LogP contribution in [-0.2, 0) is 9.59 Å². The largest absolute Gasteiger partial charge is 0.481 e. The van der Waals surface area contributed by atoms with E-state index >= 15 is 0 Å². The molecule has 4 nitrogen and oxygen atoms in total. The maximum absolute atomic E-state index is 12.1. The Kier molecular flexibility index (Phi) is 5.99. The summed E-state index contributed by atoms with van der Waals surface area (Å²) < 4.78 is 0. The van der Waals surface area contributed by atoms with E-state index in [0.29, 0.717) is 12.5 Å². The summed E-state index contributed by atoms with van der Waals surface area (Å²) in [5.74, 6) is -0.0482. The Hall–Kier alpha value is -1.84. The van der Waals surface area contributed by atoms with E-state index in [2.05, 4.69) is 24.4 Å². The van der Waals surface area contributed by atoms with Gasteiger partial charge < -0.3 is 10.4 Å². The van der Waals surface area contributed by atoms with Gasteiger partial charge in [0.1, 0.15) is 0 Å². The van der Waals surface area contributed by atoms with Crippen molar-refractivity contribution in [2.75, 3.05) is 6.54 Å². The summed E-state index contributed by atoms with van der Waals surface area (Å²) >= 11 is 0. The van der Waals surface area contributed by atoms with Crippen LogP contribution in [0.1, 0.15) is 55.6 Å². The van der Waals surface area contributed by atoms with E-state index in [0.717, 1.165) is 32.1 Å². The molecule has 1 aromatic carbocycles. The number of carboxylic acids is 1. The summed E-state index contributed by atoms with van der Waals surface area (Å²) in [6.45, 7) is 2.79. The molecule has 1 saturated carbocycles. The van der Waals surface area contributed by atoms with Crippen LogP contribution in [0.5, 0.6) is 0 Å².